The Hall–Kier alpha value is -2.14. The Morgan fingerprint density at radius 3 is 2.76 bits per heavy atom. The van der Waals surface area contributed by atoms with Gasteiger partial charge in [0.05, 0.1) is 5.69 Å². The number of anilines is 1. The highest BCUT2D eigenvalue weighted by molar-refractivity contribution is 9.10. The van der Waals surface area contributed by atoms with Gasteiger partial charge in [-0.1, -0.05) is 28.1 Å². The highest BCUT2D eigenvalue weighted by Crippen LogP contribution is 2.31. The van der Waals surface area contributed by atoms with E-state index in [2.05, 4.69) is 21.2 Å². The second-order valence-electron chi connectivity index (χ2n) is 4.77. The van der Waals surface area contributed by atoms with Crippen LogP contribution in [0.4, 0.5) is 5.69 Å². The fourth-order valence-electron chi connectivity index (χ4n) is 2.15. The standard InChI is InChI=1S/C16H12BrNO3/c1-9-16(20)18-13-8-10(6-7-14(13)21-9)15(19)11-4-2-3-5-12(11)17/h2-9H,1H3,(H,18,20). The molecular weight excluding hydrogens is 334 g/mol. The van der Waals surface area contributed by atoms with Gasteiger partial charge in [-0.3, -0.25) is 9.59 Å². The quantitative estimate of drug-likeness (QED) is 0.848. The second-order valence-corrected chi connectivity index (χ2v) is 5.62. The number of carbonyl (C=O) groups excluding carboxylic acids is 2. The molecule has 0 radical (unpaired) electrons. The number of rotatable bonds is 2. The van der Waals surface area contributed by atoms with Crippen molar-refractivity contribution in [3.63, 3.8) is 0 Å². The van der Waals surface area contributed by atoms with Crippen molar-refractivity contribution < 1.29 is 14.3 Å². The van der Waals surface area contributed by atoms with Crippen LogP contribution in [-0.4, -0.2) is 17.8 Å². The van der Waals surface area contributed by atoms with Crippen LogP contribution in [0.1, 0.15) is 22.8 Å². The molecule has 2 aromatic rings. The van der Waals surface area contributed by atoms with Gasteiger partial charge in [-0.05, 0) is 37.3 Å². The van der Waals surface area contributed by atoms with E-state index < -0.39 is 6.10 Å². The average molecular weight is 346 g/mol. The molecule has 0 spiro atoms. The number of hydrogen-bond acceptors (Lipinski definition) is 3. The van der Waals surface area contributed by atoms with Gasteiger partial charge in [-0.25, -0.2) is 0 Å². The molecule has 1 aliphatic heterocycles. The lowest BCUT2D eigenvalue weighted by Crippen LogP contribution is -2.34. The van der Waals surface area contributed by atoms with Gasteiger partial charge in [0, 0.05) is 15.6 Å². The van der Waals surface area contributed by atoms with E-state index in [0.29, 0.717) is 22.6 Å². The molecule has 1 amide bonds. The van der Waals surface area contributed by atoms with Crippen molar-refractivity contribution in [1.82, 2.24) is 0 Å². The molecular formula is C16H12BrNO3. The normalized spacial score (nSPS) is 16.7. The zero-order chi connectivity index (χ0) is 15.0. The molecule has 0 saturated carbocycles. The van der Waals surface area contributed by atoms with Gasteiger partial charge < -0.3 is 10.1 Å². The summed E-state index contributed by atoms with van der Waals surface area (Å²) in [6.07, 6.45) is -0.526. The minimum absolute atomic E-state index is 0.113. The Bertz CT molecular complexity index is 742. The largest absolute Gasteiger partial charge is 0.479 e. The summed E-state index contributed by atoms with van der Waals surface area (Å²) in [5, 5.41) is 2.74. The lowest BCUT2D eigenvalue weighted by atomic mass is 10.0. The molecule has 5 heteroatoms. The van der Waals surface area contributed by atoms with E-state index in [1.165, 1.54) is 0 Å². The van der Waals surface area contributed by atoms with E-state index in [-0.39, 0.29) is 11.7 Å². The monoisotopic (exact) mass is 345 g/mol. The topological polar surface area (TPSA) is 55.4 Å². The van der Waals surface area contributed by atoms with Crippen molar-refractivity contribution >= 4 is 33.3 Å². The predicted octanol–water partition coefficient (Wildman–Crippen LogP) is 3.40. The first kappa shape index (κ1) is 13.8. The SMILES string of the molecule is CC1Oc2ccc(C(=O)c3ccccc3Br)cc2NC1=O. The lowest BCUT2D eigenvalue weighted by molar-refractivity contribution is -0.122. The molecule has 21 heavy (non-hydrogen) atoms. The summed E-state index contributed by atoms with van der Waals surface area (Å²) in [7, 11) is 0. The third-order valence-corrected chi connectivity index (χ3v) is 3.98. The fraction of sp³-hybridized carbons (Fsp3) is 0.125. The number of ketones is 1. The van der Waals surface area contributed by atoms with E-state index in [1.807, 2.05) is 18.2 Å². The Kier molecular flexibility index (Phi) is 3.51. The van der Waals surface area contributed by atoms with Crippen LogP contribution in [0.25, 0.3) is 0 Å². The van der Waals surface area contributed by atoms with Crippen LogP contribution in [0.2, 0.25) is 0 Å². The summed E-state index contributed by atoms with van der Waals surface area (Å²) in [6.45, 7) is 1.68. The fourth-order valence-corrected chi connectivity index (χ4v) is 2.62. The van der Waals surface area contributed by atoms with Crippen LogP contribution < -0.4 is 10.1 Å². The molecule has 0 fully saturated rings. The lowest BCUT2D eigenvalue weighted by Gasteiger charge is -2.23. The Labute approximate surface area is 130 Å². The summed E-state index contributed by atoms with van der Waals surface area (Å²) in [4.78, 5) is 24.1. The summed E-state index contributed by atoms with van der Waals surface area (Å²) < 4.78 is 6.21. The van der Waals surface area contributed by atoms with Crippen LogP contribution in [0.3, 0.4) is 0 Å². The van der Waals surface area contributed by atoms with Gasteiger partial charge in [0.15, 0.2) is 11.9 Å². The molecule has 1 aliphatic rings. The van der Waals surface area contributed by atoms with Crippen LogP contribution in [-0.2, 0) is 4.79 Å². The Balaban J connectivity index is 1.98. The molecule has 1 N–H and O–H groups in total. The van der Waals surface area contributed by atoms with Gasteiger partial charge in [0.25, 0.3) is 5.91 Å². The van der Waals surface area contributed by atoms with Gasteiger partial charge in [0.2, 0.25) is 0 Å². The summed E-state index contributed by atoms with van der Waals surface area (Å²) in [5.41, 5.74) is 1.60. The van der Waals surface area contributed by atoms with E-state index in [1.54, 1.807) is 31.2 Å². The molecule has 0 bridgehead atoms. The number of ether oxygens (including phenoxy) is 1. The minimum atomic E-state index is -0.526. The van der Waals surface area contributed by atoms with E-state index >= 15 is 0 Å². The first-order chi connectivity index (χ1) is 10.1. The van der Waals surface area contributed by atoms with Crippen LogP contribution in [0.5, 0.6) is 5.75 Å². The van der Waals surface area contributed by atoms with Crippen LogP contribution >= 0.6 is 15.9 Å². The van der Waals surface area contributed by atoms with Crippen molar-refractivity contribution in [2.75, 3.05) is 5.32 Å². The number of nitrogens with one attached hydrogen (secondary N) is 1. The summed E-state index contributed by atoms with van der Waals surface area (Å²) >= 11 is 3.37. The maximum atomic E-state index is 12.5. The van der Waals surface area contributed by atoms with Crippen molar-refractivity contribution in [2.45, 2.75) is 13.0 Å². The van der Waals surface area contributed by atoms with Gasteiger partial charge in [-0.15, -0.1) is 0 Å². The number of halogens is 1. The van der Waals surface area contributed by atoms with Crippen LogP contribution in [0.15, 0.2) is 46.9 Å². The second kappa shape index (κ2) is 5.33. The summed E-state index contributed by atoms with van der Waals surface area (Å²) in [6, 6.07) is 12.3. The van der Waals surface area contributed by atoms with Crippen molar-refractivity contribution in [3.8, 4) is 5.75 Å². The Morgan fingerprint density at radius 1 is 1.24 bits per heavy atom. The average Bonchev–Trinajstić information content (AvgIpc) is 2.48. The molecule has 2 aromatic carbocycles. The molecule has 0 saturated heterocycles. The smallest absolute Gasteiger partial charge is 0.265 e. The molecule has 106 valence electrons. The number of fused-ring (bicyclic) bond motifs is 1. The summed E-state index contributed by atoms with van der Waals surface area (Å²) in [5.74, 6) is 0.247. The molecule has 1 heterocycles. The molecule has 1 unspecified atom stereocenters. The van der Waals surface area contributed by atoms with Gasteiger partial charge in [-0.2, -0.15) is 0 Å². The van der Waals surface area contributed by atoms with Gasteiger partial charge >= 0.3 is 0 Å². The number of carbonyl (C=O) groups is 2. The predicted molar refractivity (Wildman–Crippen MR) is 82.7 cm³/mol. The first-order valence-corrected chi connectivity index (χ1v) is 7.26. The molecule has 0 aromatic heterocycles. The van der Waals surface area contributed by atoms with Crippen molar-refractivity contribution in [2.24, 2.45) is 0 Å². The van der Waals surface area contributed by atoms with Crippen LogP contribution in [0, 0.1) is 0 Å². The first-order valence-electron chi connectivity index (χ1n) is 6.47. The van der Waals surface area contributed by atoms with Crippen molar-refractivity contribution in [1.29, 1.82) is 0 Å². The molecule has 1 atom stereocenters. The number of amides is 1. The highest BCUT2D eigenvalue weighted by atomic mass is 79.9. The number of benzene rings is 2. The zero-order valence-electron chi connectivity index (χ0n) is 11.2. The maximum Gasteiger partial charge on any atom is 0.265 e. The van der Waals surface area contributed by atoms with E-state index in [9.17, 15) is 9.59 Å². The van der Waals surface area contributed by atoms with Crippen molar-refractivity contribution in [3.05, 3.63) is 58.1 Å². The molecule has 3 rings (SSSR count). The van der Waals surface area contributed by atoms with E-state index in [0.717, 1.165) is 4.47 Å². The minimum Gasteiger partial charge on any atom is -0.479 e. The van der Waals surface area contributed by atoms with E-state index in [4.69, 9.17) is 4.74 Å². The highest BCUT2D eigenvalue weighted by Gasteiger charge is 2.24. The zero-order valence-corrected chi connectivity index (χ0v) is 12.8. The molecule has 0 aliphatic carbocycles. The number of hydrogen-bond donors (Lipinski definition) is 1. The third kappa shape index (κ3) is 2.56. The maximum absolute atomic E-state index is 12.5. The Morgan fingerprint density at radius 2 is 2.00 bits per heavy atom. The molecule has 4 nitrogen and oxygen atoms in total. The third-order valence-electron chi connectivity index (χ3n) is 3.29. The van der Waals surface area contributed by atoms with Gasteiger partial charge in [0.1, 0.15) is 5.75 Å².